The minimum atomic E-state index is -0.651. The van der Waals surface area contributed by atoms with Crippen molar-refractivity contribution in [3.63, 3.8) is 0 Å². The number of hydrogen-bond acceptors (Lipinski definition) is 9. The van der Waals surface area contributed by atoms with Crippen molar-refractivity contribution in [3.05, 3.63) is 116 Å². The van der Waals surface area contributed by atoms with Crippen LogP contribution in [0.2, 0.25) is 0 Å². The minimum Gasteiger partial charge on any atom is -0.465 e. The Kier molecular flexibility index (Phi) is 13.4. The van der Waals surface area contributed by atoms with Crippen molar-refractivity contribution < 1.29 is 33.4 Å². The number of carbonyl (C=O) groups is 5. The number of esters is 1. The van der Waals surface area contributed by atoms with Crippen LogP contribution < -0.4 is 16.0 Å². The Morgan fingerprint density at radius 2 is 1.72 bits per heavy atom. The molecule has 2 heterocycles. The fourth-order valence-corrected chi connectivity index (χ4v) is 8.21. The lowest BCUT2D eigenvalue weighted by molar-refractivity contribution is -0.116. The number of nitrogens with zero attached hydrogens (tertiary/aromatic N) is 1. The van der Waals surface area contributed by atoms with Crippen LogP contribution in [0.5, 0.6) is 0 Å². The van der Waals surface area contributed by atoms with Crippen molar-refractivity contribution in [1.82, 2.24) is 10.2 Å². The van der Waals surface area contributed by atoms with E-state index in [1.54, 1.807) is 80.3 Å². The molecule has 0 saturated heterocycles. The number of ether oxygens (including phenoxy) is 2. The zero-order valence-electron chi connectivity index (χ0n) is 30.5. The van der Waals surface area contributed by atoms with Crippen molar-refractivity contribution in [2.45, 2.75) is 62.8 Å². The van der Waals surface area contributed by atoms with Gasteiger partial charge >= 0.3 is 12.1 Å². The summed E-state index contributed by atoms with van der Waals surface area (Å²) in [5.41, 5.74) is 2.00. The van der Waals surface area contributed by atoms with E-state index in [9.17, 15) is 24.0 Å². The summed E-state index contributed by atoms with van der Waals surface area (Å²) in [5.74, 6) is -1.85. The summed E-state index contributed by atoms with van der Waals surface area (Å²) in [6.07, 6.45) is 2.02. The first-order valence-corrected chi connectivity index (χ1v) is 19.7. The third-order valence-electron chi connectivity index (χ3n) is 8.06. The van der Waals surface area contributed by atoms with Crippen molar-refractivity contribution in [3.8, 4) is 0 Å². The lowest BCUT2D eigenvalue weighted by Gasteiger charge is -2.30. The standard InChI is InChI=1S/C40H41BrN4O7S2/c1-6-31(36(48)44-37-33(38(49)51-5)29-18-19-45(23-32(29)54-37)39(50)52-40(2,3)4)53-28-17-11-16-27(22-28)42-35(47)30(21-24-12-10-15-26(41)20-24)43-34(46)25-13-8-7-9-14-25/h7-17,20-22,31H,6,18-19,23H2,1-5H3,(H,42,47)(H,43,46)(H,44,48)/b30-21+. The number of thioether (sulfide) groups is 1. The summed E-state index contributed by atoms with van der Waals surface area (Å²) in [7, 11) is 1.29. The van der Waals surface area contributed by atoms with E-state index in [1.165, 1.54) is 30.2 Å². The Hall–Kier alpha value is -4.92. The maximum atomic E-state index is 13.7. The number of hydrogen-bond donors (Lipinski definition) is 3. The van der Waals surface area contributed by atoms with Gasteiger partial charge in [0.25, 0.3) is 11.8 Å². The van der Waals surface area contributed by atoms with E-state index in [2.05, 4.69) is 31.9 Å². The first-order valence-electron chi connectivity index (χ1n) is 17.2. The molecule has 14 heteroatoms. The first kappa shape index (κ1) is 40.3. The Labute approximate surface area is 331 Å². The number of anilines is 2. The van der Waals surface area contributed by atoms with Crippen LogP contribution in [0.1, 0.15) is 70.8 Å². The molecule has 0 spiro atoms. The van der Waals surface area contributed by atoms with Gasteiger partial charge < -0.3 is 30.3 Å². The molecule has 1 aromatic heterocycles. The zero-order chi connectivity index (χ0) is 39.0. The quantitative estimate of drug-likeness (QED) is 0.0776. The molecule has 1 atom stereocenters. The molecular weight excluding hydrogens is 792 g/mol. The van der Waals surface area contributed by atoms with Crippen molar-refractivity contribution in [2.75, 3.05) is 24.3 Å². The Bertz CT molecular complexity index is 2080. The number of benzene rings is 3. The van der Waals surface area contributed by atoms with E-state index >= 15 is 0 Å². The van der Waals surface area contributed by atoms with Crippen LogP contribution in [0.25, 0.3) is 6.08 Å². The molecule has 4 aromatic rings. The molecule has 0 fully saturated rings. The molecule has 1 aliphatic rings. The summed E-state index contributed by atoms with van der Waals surface area (Å²) >= 11 is 6.00. The van der Waals surface area contributed by atoms with Crippen LogP contribution in [0.15, 0.2) is 93.9 Å². The van der Waals surface area contributed by atoms with E-state index in [4.69, 9.17) is 9.47 Å². The second-order valence-corrected chi connectivity index (χ2v) is 16.6. The molecule has 0 radical (unpaired) electrons. The van der Waals surface area contributed by atoms with Crippen LogP contribution in [0.3, 0.4) is 0 Å². The van der Waals surface area contributed by atoms with Crippen LogP contribution >= 0.6 is 39.0 Å². The smallest absolute Gasteiger partial charge is 0.410 e. The highest BCUT2D eigenvalue weighted by atomic mass is 79.9. The van der Waals surface area contributed by atoms with Crippen LogP contribution in [0.4, 0.5) is 15.5 Å². The number of amides is 4. The van der Waals surface area contributed by atoms with E-state index < -0.39 is 34.7 Å². The largest absolute Gasteiger partial charge is 0.465 e. The predicted octanol–water partition coefficient (Wildman–Crippen LogP) is 8.51. The van der Waals surface area contributed by atoms with Gasteiger partial charge in [-0.25, -0.2) is 9.59 Å². The molecule has 0 aliphatic carbocycles. The fourth-order valence-electron chi connectivity index (χ4n) is 5.52. The summed E-state index contributed by atoms with van der Waals surface area (Å²) in [5, 5.41) is 8.39. The molecule has 0 bridgehead atoms. The van der Waals surface area contributed by atoms with E-state index in [0.717, 1.165) is 14.9 Å². The van der Waals surface area contributed by atoms with Crippen LogP contribution in [-0.2, 0) is 32.0 Å². The van der Waals surface area contributed by atoms with Crippen LogP contribution in [0, 0.1) is 0 Å². The van der Waals surface area contributed by atoms with Crippen LogP contribution in [-0.4, -0.2) is 59.2 Å². The van der Waals surface area contributed by atoms with Crippen molar-refractivity contribution in [1.29, 1.82) is 0 Å². The fraction of sp³-hybridized carbons (Fsp3) is 0.275. The second-order valence-electron chi connectivity index (χ2n) is 13.3. The molecule has 0 saturated carbocycles. The highest BCUT2D eigenvalue weighted by molar-refractivity contribution is 9.10. The molecule has 3 aromatic carbocycles. The Balaban J connectivity index is 1.31. The molecule has 1 aliphatic heterocycles. The number of carbonyl (C=O) groups excluding carboxylic acids is 5. The van der Waals surface area contributed by atoms with Gasteiger partial charge in [0.1, 0.15) is 16.3 Å². The molecule has 3 N–H and O–H groups in total. The molecule has 54 heavy (non-hydrogen) atoms. The molecule has 282 valence electrons. The van der Waals surface area contributed by atoms with Gasteiger partial charge in [0, 0.05) is 32.0 Å². The normalized spacial score (nSPS) is 13.3. The molecule has 11 nitrogen and oxygen atoms in total. The highest BCUT2D eigenvalue weighted by Crippen LogP contribution is 2.39. The first-order chi connectivity index (χ1) is 25.7. The van der Waals surface area contributed by atoms with Gasteiger partial charge in [0.15, 0.2) is 0 Å². The average Bonchev–Trinajstić information content (AvgIpc) is 3.49. The summed E-state index contributed by atoms with van der Waals surface area (Å²) in [6.45, 7) is 7.90. The lowest BCUT2D eigenvalue weighted by Crippen LogP contribution is -2.39. The van der Waals surface area contributed by atoms with Gasteiger partial charge in [0.05, 0.1) is 24.5 Å². The van der Waals surface area contributed by atoms with Gasteiger partial charge in [-0.1, -0.05) is 59.3 Å². The number of nitrogens with one attached hydrogen (secondary N) is 3. The molecule has 5 rings (SSSR count). The topological polar surface area (TPSA) is 143 Å². The molecule has 4 amide bonds. The Morgan fingerprint density at radius 1 is 0.981 bits per heavy atom. The number of thiophene rings is 1. The predicted molar refractivity (Wildman–Crippen MR) is 216 cm³/mol. The second kappa shape index (κ2) is 17.9. The molecule has 1 unspecified atom stereocenters. The monoisotopic (exact) mass is 832 g/mol. The summed E-state index contributed by atoms with van der Waals surface area (Å²) in [4.78, 5) is 69.3. The van der Waals surface area contributed by atoms with Gasteiger partial charge in [0.2, 0.25) is 5.91 Å². The third kappa shape index (κ3) is 10.6. The van der Waals surface area contributed by atoms with Gasteiger partial charge in [-0.15, -0.1) is 23.1 Å². The van der Waals surface area contributed by atoms with Crippen molar-refractivity contribution in [2.24, 2.45) is 0 Å². The van der Waals surface area contributed by atoms with Gasteiger partial charge in [-0.3, -0.25) is 14.4 Å². The number of methoxy groups -OCH3 is 1. The maximum absolute atomic E-state index is 13.7. The molecular formula is C40H41BrN4O7S2. The van der Waals surface area contributed by atoms with Gasteiger partial charge in [-0.05, 0) is 93.3 Å². The lowest BCUT2D eigenvalue weighted by atomic mass is 10.0. The van der Waals surface area contributed by atoms with E-state index in [0.29, 0.717) is 51.7 Å². The SMILES string of the molecule is CCC(Sc1cccc(NC(=O)/C(=C\c2cccc(Br)c2)NC(=O)c2ccccc2)c1)C(=O)Nc1sc2c(c1C(=O)OC)CCN(C(=O)OC(C)(C)C)C2. The number of rotatable bonds is 11. The summed E-state index contributed by atoms with van der Waals surface area (Å²) in [6, 6.07) is 23.0. The summed E-state index contributed by atoms with van der Waals surface area (Å²) < 4.78 is 11.5. The third-order valence-corrected chi connectivity index (χ3v) is 11.0. The van der Waals surface area contributed by atoms with Gasteiger partial charge in [-0.2, -0.15) is 0 Å². The average molecular weight is 834 g/mol. The number of halogens is 1. The number of fused-ring (bicyclic) bond motifs is 1. The van der Waals surface area contributed by atoms with Crippen molar-refractivity contribution >= 4 is 85.6 Å². The van der Waals surface area contributed by atoms with E-state index in [1.807, 2.05) is 37.3 Å². The minimum absolute atomic E-state index is 0.0418. The highest BCUT2D eigenvalue weighted by Gasteiger charge is 2.33. The maximum Gasteiger partial charge on any atom is 0.410 e. The Morgan fingerprint density at radius 3 is 2.41 bits per heavy atom. The van der Waals surface area contributed by atoms with E-state index in [-0.39, 0.29) is 18.1 Å². The zero-order valence-corrected chi connectivity index (χ0v) is 33.7.